The van der Waals surface area contributed by atoms with E-state index in [2.05, 4.69) is 0 Å². The van der Waals surface area contributed by atoms with Gasteiger partial charge in [0.05, 0.1) is 16.6 Å². The molecule has 1 aliphatic heterocycles. The number of carbonyl (C=O) groups is 1. The van der Waals surface area contributed by atoms with Crippen molar-refractivity contribution < 1.29 is 4.79 Å². The molecule has 1 aromatic heterocycles. The van der Waals surface area contributed by atoms with Gasteiger partial charge >= 0.3 is 5.69 Å². The lowest BCUT2D eigenvalue weighted by Crippen LogP contribution is -2.46. The number of aromatic nitrogens is 2. The van der Waals surface area contributed by atoms with Gasteiger partial charge in [-0.05, 0) is 62.9 Å². The summed E-state index contributed by atoms with van der Waals surface area (Å²) < 4.78 is 2.60. The van der Waals surface area contributed by atoms with E-state index in [1.807, 2.05) is 30.9 Å². The molecule has 0 radical (unpaired) electrons. The maximum Gasteiger partial charge on any atom is 0.336 e. The Morgan fingerprint density at radius 2 is 1.86 bits per heavy atom. The lowest BCUT2D eigenvalue weighted by atomic mass is 10.0. The summed E-state index contributed by atoms with van der Waals surface area (Å²) in [4.78, 5) is 41.4. The summed E-state index contributed by atoms with van der Waals surface area (Å²) in [7, 11) is 0. The zero-order valence-corrected chi connectivity index (χ0v) is 16.8. The molecule has 0 aliphatic carbocycles. The van der Waals surface area contributed by atoms with Crippen molar-refractivity contribution in [2.75, 3.05) is 6.54 Å². The summed E-state index contributed by atoms with van der Waals surface area (Å²) in [5.74, 6) is -0.0844. The van der Waals surface area contributed by atoms with Crippen molar-refractivity contribution in [1.82, 2.24) is 14.0 Å². The van der Waals surface area contributed by atoms with Crippen LogP contribution in [0.5, 0.6) is 0 Å². The largest absolute Gasteiger partial charge is 0.338 e. The van der Waals surface area contributed by atoms with Crippen molar-refractivity contribution in [2.45, 2.75) is 45.7 Å². The molecule has 6 nitrogen and oxygen atoms in total. The molecular weight excluding hydrogens is 366 g/mol. The maximum atomic E-state index is 13.4. The van der Waals surface area contributed by atoms with E-state index >= 15 is 0 Å². The molecule has 1 atom stereocenters. The van der Waals surface area contributed by atoms with Gasteiger partial charge in [0, 0.05) is 12.6 Å². The van der Waals surface area contributed by atoms with Gasteiger partial charge in [0.25, 0.3) is 5.56 Å². The molecule has 1 saturated heterocycles. The predicted octanol–water partition coefficient (Wildman–Crippen LogP) is 2.86. The molecule has 0 unspecified atom stereocenters. The number of nitrogens with zero attached hydrogens (tertiary/aromatic N) is 3. The summed E-state index contributed by atoms with van der Waals surface area (Å²) in [5.41, 5.74) is 1.10. The number of fused-ring (bicyclic) bond motifs is 1. The van der Waals surface area contributed by atoms with E-state index in [0.29, 0.717) is 23.1 Å². The molecule has 0 saturated carbocycles. The minimum absolute atomic E-state index is 0.0736. The van der Waals surface area contributed by atoms with Gasteiger partial charge in [0.1, 0.15) is 6.54 Å². The molecule has 1 aliphatic rings. The number of carbonyl (C=O) groups excluding carboxylic acids is 1. The summed E-state index contributed by atoms with van der Waals surface area (Å²) in [5, 5.41) is 0.424. The van der Waals surface area contributed by atoms with E-state index in [0.717, 1.165) is 24.8 Å². The zero-order valence-electron chi connectivity index (χ0n) is 16.8. The average Bonchev–Trinajstić information content (AvgIpc) is 2.71. The van der Waals surface area contributed by atoms with Crippen LogP contribution >= 0.6 is 0 Å². The molecule has 29 heavy (non-hydrogen) atoms. The maximum absolute atomic E-state index is 13.4. The quantitative estimate of drug-likeness (QED) is 0.690. The third kappa shape index (κ3) is 3.50. The number of hydrogen-bond acceptors (Lipinski definition) is 3. The first-order valence-corrected chi connectivity index (χ1v) is 10.1. The van der Waals surface area contributed by atoms with Crippen LogP contribution in [0.1, 0.15) is 31.7 Å². The van der Waals surface area contributed by atoms with Gasteiger partial charge in [0.15, 0.2) is 0 Å². The average molecular weight is 391 g/mol. The minimum atomic E-state index is -0.489. The van der Waals surface area contributed by atoms with Gasteiger partial charge < -0.3 is 4.90 Å². The summed E-state index contributed by atoms with van der Waals surface area (Å²) in [6, 6.07) is 14.4. The van der Waals surface area contributed by atoms with Crippen LogP contribution in [0.25, 0.3) is 16.6 Å². The normalized spacial score (nSPS) is 16.9. The standard InChI is InChI=1S/C23H25N3O3/c1-16-8-7-10-18(14-16)26-22(28)19-11-3-4-12-20(19)25(23(26)29)15-21(27)24-13-6-5-9-17(24)2/h3-4,7-8,10-12,14,17H,5-6,9,13,15H2,1-2H3/t17-/m0/s1. The number of para-hydroxylation sites is 1. The Kier molecular flexibility index (Phi) is 5.09. The third-order valence-corrected chi connectivity index (χ3v) is 5.73. The minimum Gasteiger partial charge on any atom is -0.338 e. The highest BCUT2D eigenvalue weighted by atomic mass is 16.2. The number of piperidine rings is 1. The van der Waals surface area contributed by atoms with Crippen molar-refractivity contribution in [3.63, 3.8) is 0 Å². The van der Waals surface area contributed by atoms with Crippen LogP contribution in [0.15, 0.2) is 58.1 Å². The summed E-state index contributed by atoms with van der Waals surface area (Å²) >= 11 is 0. The smallest absolute Gasteiger partial charge is 0.336 e. The van der Waals surface area contributed by atoms with Crippen molar-refractivity contribution >= 4 is 16.8 Å². The first-order chi connectivity index (χ1) is 14.0. The molecule has 2 aromatic carbocycles. The second-order valence-corrected chi connectivity index (χ2v) is 7.80. The number of hydrogen-bond donors (Lipinski definition) is 0. The van der Waals surface area contributed by atoms with E-state index in [4.69, 9.17) is 0 Å². The SMILES string of the molecule is Cc1cccc(-n2c(=O)c3ccccc3n(CC(=O)N3CCCC[C@@H]3C)c2=O)c1. The molecule has 1 fully saturated rings. The van der Waals surface area contributed by atoms with E-state index in [1.54, 1.807) is 36.4 Å². The van der Waals surface area contributed by atoms with Gasteiger partial charge in [-0.2, -0.15) is 0 Å². The molecule has 3 aromatic rings. The van der Waals surface area contributed by atoms with Gasteiger partial charge in [-0.1, -0.05) is 24.3 Å². The van der Waals surface area contributed by atoms with Crippen LogP contribution in [0.4, 0.5) is 0 Å². The monoisotopic (exact) mass is 391 g/mol. The van der Waals surface area contributed by atoms with Gasteiger partial charge in [-0.15, -0.1) is 0 Å². The molecule has 2 heterocycles. The predicted molar refractivity (Wildman–Crippen MR) is 114 cm³/mol. The van der Waals surface area contributed by atoms with Crippen molar-refractivity contribution in [1.29, 1.82) is 0 Å². The highest BCUT2D eigenvalue weighted by Gasteiger charge is 2.25. The van der Waals surface area contributed by atoms with Crippen molar-refractivity contribution in [3.8, 4) is 5.69 Å². The molecule has 1 amide bonds. The van der Waals surface area contributed by atoms with Gasteiger partial charge in [-0.3, -0.25) is 14.2 Å². The fourth-order valence-corrected chi connectivity index (χ4v) is 4.16. The molecule has 0 N–H and O–H groups in total. The first kappa shape index (κ1) is 19.2. The van der Waals surface area contributed by atoms with E-state index in [1.165, 1.54) is 9.13 Å². The number of aryl methyl sites for hydroxylation is 1. The summed E-state index contributed by atoms with van der Waals surface area (Å²) in [6.45, 7) is 4.60. The van der Waals surface area contributed by atoms with Crippen LogP contribution in [0.2, 0.25) is 0 Å². The van der Waals surface area contributed by atoms with Crippen molar-refractivity contribution in [2.24, 2.45) is 0 Å². The number of rotatable bonds is 3. The molecule has 150 valence electrons. The lowest BCUT2D eigenvalue weighted by molar-refractivity contribution is -0.135. The summed E-state index contributed by atoms with van der Waals surface area (Å²) in [6.07, 6.45) is 3.07. The molecule has 0 bridgehead atoms. The topological polar surface area (TPSA) is 64.3 Å². The number of benzene rings is 2. The number of likely N-dealkylation sites (tertiary alicyclic amines) is 1. The third-order valence-electron chi connectivity index (χ3n) is 5.73. The van der Waals surface area contributed by atoms with Crippen LogP contribution < -0.4 is 11.2 Å². The fraction of sp³-hybridized carbons (Fsp3) is 0.348. The first-order valence-electron chi connectivity index (χ1n) is 10.1. The second-order valence-electron chi connectivity index (χ2n) is 7.80. The zero-order chi connectivity index (χ0) is 20.5. The van der Waals surface area contributed by atoms with Crippen LogP contribution in [-0.2, 0) is 11.3 Å². The van der Waals surface area contributed by atoms with Crippen LogP contribution in [-0.4, -0.2) is 32.5 Å². The molecule has 0 spiro atoms. The Bertz CT molecular complexity index is 1190. The van der Waals surface area contributed by atoms with E-state index in [9.17, 15) is 14.4 Å². The molecular formula is C23H25N3O3. The van der Waals surface area contributed by atoms with Crippen molar-refractivity contribution in [3.05, 3.63) is 74.9 Å². The van der Waals surface area contributed by atoms with Crippen LogP contribution in [0, 0.1) is 6.92 Å². The Labute approximate surface area is 169 Å². The van der Waals surface area contributed by atoms with Crippen LogP contribution in [0.3, 0.4) is 0 Å². The van der Waals surface area contributed by atoms with E-state index < -0.39 is 5.69 Å². The van der Waals surface area contributed by atoms with Gasteiger partial charge in [-0.25, -0.2) is 9.36 Å². The molecule has 4 rings (SSSR count). The fourth-order valence-electron chi connectivity index (χ4n) is 4.16. The Morgan fingerprint density at radius 3 is 2.62 bits per heavy atom. The Balaban J connectivity index is 1.88. The molecule has 6 heteroatoms. The highest BCUT2D eigenvalue weighted by molar-refractivity contribution is 5.82. The number of amides is 1. The highest BCUT2D eigenvalue weighted by Crippen LogP contribution is 2.18. The Hall–Kier alpha value is -3.15. The second kappa shape index (κ2) is 7.70. The van der Waals surface area contributed by atoms with E-state index in [-0.39, 0.29) is 24.1 Å². The Morgan fingerprint density at radius 1 is 1.07 bits per heavy atom. The van der Waals surface area contributed by atoms with Gasteiger partial charge in [0.2, 0.25) is 5.91 Å². The lowest BCUT2D eigenvalue weighted by Gasteiger charge is -2.33.